The van der Waals surface area contributed by atoms with E-state index >= 15 is 0 Å². The van der Waals surface area contributed by atoms with Gasteiger partial charge in [0.1, 0.15) is 36.5 Å². The average molecular weight is 827 g/mol. The Balaban J connectivity index is 0.000000195. The smallest absolute Gasteiger partial charge is 0.545 e. The third-order valence-corrected chi connectivity index (χ3v) is 10.3. The van der Waals surface area contributed by atoms with Crippen LogP contribution in [-0.2, 0) is 13.2 Å². The number of rotatable bonds is 12. The molecule has 12 nitrogen and oxygen atoms in total. The summed E-state index contributed by atoms with van der Waals surface area (Å²) in [6.07, 6.45) is 6.23. The quantitative estimate of drug-likeness (QED) is 0.139. The number of hydrogen-bond acceptors (Lipinski definition) is 13. The largest absolute Gasteiger partial charge is 1.00 e. The van der Waals surface area contributed by atoms with Crippen LogP contribution in [0.3, 0.4) is 0 Å². The summed E-state index contributed by atoms with van der Waals surface area (Å²) < 4.78 is 22.1. The van der Waals surface area contributed by atoms with Crippen LogP contribution in [0.1, 0.15) is 43.0 Å². The Labute approximate surface area is 367 Å². The Morgan fingerprint density at radius 1 is 0.678 bits per heavy atom. The predicted octanol–water partition coefficient (Wildman–Crippen LogP) is 6.11. The van der Waals surface area contributed by atoms with Crippen LogP contribution in [0.5, 0.6) is 11.8 Å². The Morgan fingerprint density at radius 3 is 1.46 bits per heavy atom. The van der Waals surface area contributed by atoms with E-state index in [2.05, 4.69) is 22.1 Å². The molecule has 1 N–H and O–H groups in total. The predicted molar refractivity (Wildman–Crippen MR) is 213 cm³/mol. The van der Waals surface area contributed by atoms with E-state index in [1.165, 1.54) is 35.6 Å². The van der Waals surface area contributed by atoms with Crippen LogP contribution in [-0.4, -0.2) is 27.0 Å². The van der Waals surface area contributed by atoms with Crippen molar-refractivity contribution in [2.75, 3.05) is 0 Å². The molecule has 0 fully saturated rings. The molecule has 8 aromatic rings. The Kier molecular flexibility index (Phi) is 13.9. The summed E-state index contributed by atoms with van der Waals surface area (Å²) in [6, 6.07) is 31.9. The van der Waals surface area contributed by atoms with Crippen molar-refractivity contribution in [3.63, 3.8) is 0 Å². The fourth-order valence-electron chi connectivity index (χ4n) is 5.64. The molecule has 0 amide bonds. The maximum absolute atomic E-state index is 11.0. The molecule has 8 rings (SSSR count). The number of thiophene rings is 2. The molecule has 0 aliphatic carbocycles. The van der Waals surface area contributed by atoms with Crippen molar-refractivity contribution in [2.45, 2.75) is 13.2 Å². The second-order valence-electron chi connectivity index (χ2n) is 12.2. The number of hydrogen-bond donors (Lipinski definition) is 1. The summed E-state index contributed by atoms with van der Waals surface area (Å²) in [5, 5.41) is 43.3. The van der Waals surface area contributed by atoms with Crippen molar-refractivity contribution in [1.82, 2.24) is 9.97 Å². The number of benzene rings is 2. The van der Waals surface area contributed by atoms with Gasteiger partial charge in [-0.25, -0.2) is 14.8 Å². The number of ether oxygens (including phenoxy) is 2. The normalized spacial score (nSPS) is 10.3. The molecule has 0 aliphatic rings. The van der Waals surface area contributed by atoms with Crippen LogP contribution in [0.25, 0.3) is 43.4 Å². The number of pyridine rings is 2. The van der Waals surface area contributed by atoms with Gasteiger partial charge in [-0.2, -0.15) is 10.5 Å². The van der Waals surface area contributed by atoms with Gasteiger partial charge >= 0.3 is 35.5 Å². The first kappa shape index (κ1) is 41.8. The molecular formula is C44H27N4NaO8S2. The van der Waals surface area contributed by atoms with E-state index in [1.807, 2.05) is 47.2 Å². The van der Waals surface area contributed by atoms with Crippen LogP contribution in [0.15, 0.2) is 142 Å². The topological polar surface area (TPSA) is 196 Å². The first-order valence-electron chi connectivity index (χ1n) is 17.2. The van der Waals surface area contributed by atoms with E-state index < -0.39 is 11.9 Å². The number of nitrogens with zero attached hydrogens (tertiary/aromatic N) is 4. The van der Waals surface area contributed by atoms with Crippen molar-refractivity contribution in [3.05, 3.63) is 166 Å². The minimum absolute atomic E-state index is 0. The number of carbonyl (C=O) groups excluding carboxylic acids is 1. The third kappa shape index (κ3) is 10.0. The van der Waals surface area contributed by atoms with E-state index in [1.54, 1.807) is 72.8 Å². The second kappa shape index (κ2) is 19.6. The minimum Gasteiger partial charge on any atom is -0.545 e. The molecule has 15 heteroatoms. The van der Waals surface area contributed by atoms with Crippen molar-refractivity contribution >= 4 is 34.6 Å². The molecule has 0 bridgehead atoms. The molecule has 0 spiro atoms. The molecule has 284 valence electrons. The molecule has 0 atom stereocenters. The van der Waals surface area contributed by atoms with Gasteiger partial charge in [-0.05, 0) is 76.0 Å². The summed E-state index contributed by atoms with van der Waals surface area (Å²) in [7, 11) is 0. The molecule has 6 heterocycles. The Hall–Kier alpha value is -6.78. The first-order valence-corrected chi connectivity index (χ1v) is 19.0. The van der Waals surface area contributed by atoms with Gasteiger partial charge in [0.25, 0.3) is 0 Å². The van der Waals surface area contributed by atoms with Crippen LogP contribution >= 0.6 is 22.7 Å². The van der Waals surface area contributed by atoms with E-state index in [9.17, 15) is 25.2 Å². The van der Waals surface area contributed by atoms with Gasteiger partial charge in [-0.1, -0.05) is 48.5 Å². The molecule has 2 aromatic carbocycles. The SMILES string of the molecule is N#Cc1c(-c2ccoc2)cc(-c2cccs2)nc1OCc1ccc(C(=O)O)cc1.N#Cc1c(-c2ccoc2)cc(-c2cccs2)nc1OCc1ccc(C(=O)[O-])cc1.[Na+]. The van der Waals surface area contributed by atoms with Gasteiger partial charge in [0.15, 0.2) is 0 Å². The van der Waals surface area contributed by atoms with Gasteiger partial charge in [0, 0.05) is 22.3 Å². The standard InChI is InChI=1S/2C22H14N2O4S.Na/c2*23-11-18-17(16-7-8-27-13-16)10-19(20-2-1-9-29-20)24-21(18)28-12-14-3-5-15(6-4-14)22(25)26;/h2*1-10,13H,12H2,(H,25,26);/q;;+1/p-1. The number of aromatic nitrogens is 2. The van der Waals surface area contributed by atoms with Crippen molar-refractivity contribution in [1.29, 1.82) is 10.5 Å². The van der Waals surface area contributed by atoms with Crippen LogP contribution < -0.4 is 44.1 Å². The van der Waals surface area contributed by atoms with Gasteiger partial charge in [-0.15, -0.1) is 22.7 Å². The maximum atomic E-state index is 11.0. The number of carbonyl (C=O) groups is 2. The average Bonchev–Trinajstić information content (AvgIpc) is 4.11. The second-order valence-corrected chi connectivity index (χ2v) is 14.1. The molecule has 0 aliphatic heterocycles. The summed E-state index contributed by atoms with van der Waals surface area (Å²) >= 11 is 3.08. The summed E-state index contributed by atoms with van der Waals surface area (Å²) in [4.78, 5) is 32.9. The maximum Gasteiger partial charge on any atom is 1.00 e. The minimum atomic E-state index is -1.24. The van der Waals surface area contributed by atoms with E-state index in [-0.39, 0.29) is 65.7 Å². The zero-order chi connectivity index (χ0) is 40.4. The molecule has 0 saturated carbocycles. The Bertz CT molecular complexity index is 2550. The summed E-state index contributed by atoms with van der Waals surface area (Å²) in [5.74, 6) is -1.80. The molecule has 0 radical (unpaired) electrons. The van der Waals surface area contributed by atoms with Gasteiger partial charge in [0.05, 0.1) is 57.7 Å². The van der Waals surface area contributed by atoms with Gasteiger partial charge < -0.3 is 33.3 Å². The number of aromatic carboxylic acids is 2. The van der Waals surface area contributed by atoms with Crippen molar-refractivity contribution < 1.29 is 67.7 Å². The zero-order valence-corrected chi connectivity index (χ0v) is 34.7. The summed E-state index contributed by atoms with van der Waals surface area (Å²) in [5.41, 5.74) is 6.67. The fraction of sp³-hybridized carbons (Fsp3) is 0.0455. The van der Waals surface area contributed by atoms with E-state index in [0.29, 0.717) is 33.6 Å². The Morgan fingerprint density at radius 2 is 1.12 bits per heavy atom. The number of furan rings is 2. The number of nitriles is 2. The zero-order valence-electron chi connectivity index (χ0n) is 31.0. The number of carboxylic acid groups (broad SMARTS) is 2. The van der Waals surface area contributed by atoms with Crippen molar-refractivity contribution in [2.24, 2.45) is 0 Å². The molecule has 6 aromatic heterocycles. The van der Waals surface area contributed by atoms with Crippen LogP contribution in [0.4, 0.5) is 0 Å². The van der Waals surface area contributed by atoms with Crippen LogP contribution in [0.2, 0.25) is 0 Å². The molecule has 0 saturated heterocycles. The first-order chi connectivity index (χ1) is 28.3. The fourth-order valence-corrected chi connectivity index (χ4v) is 7.02. The monoisotopic (exact) mass is 826 g/mol. The van der Waals surface area contributed by atoms with E-state index in [0.717, 1.165) is 32.0 Å². The van der Waals surface area contributed by atoms with E-state index in [4.69, 9.17) is 23.4 Å². The molecular weight excluding hydrogens is 800 g/mol. The molecule has 0 unspecified atom stereocenters. The molecule has 59 heavy (non-hydrogen) atoms. The number of carboxylic acids is 2. The van der Waals surface area contributed by atoms with Crippen molar-refractivity contribution in [3.8, 4) is 67.3 Å². The third-order valence-electron chi connectivity index (χ3n) is 8.55. The summed E-state index contributed by atoms with van der Waals surface area (Å²) in [6.45, 7) is 0.286. The van der Waals surface area contributed by atoms with Gasteiger partial charge in [0.2, 0.25) is 11.8 Å². The van der Waals surface area contributed by atoms with Crippen LogP contribution in [0, 0.1) is 22.7 Å². The van der Waals surface area contributed by atoms with Gasteiger partial charge in [-0.3, -0.25) is 0 Å².